The minimum absolute atomic E-state index is 0. The fraction of sp³-hybridized carbons (Fsp3) is 0.923. The van der Waals surface area contributed by atoms with E-state index in [4.69, 9.17) is 10.5 Å². The Labute approximate surface area is 135 Å². The zero-order chi connectivity index (χ0) is 14.1. The Morgan fingerprint density at radius 1 is 1.21 bits per heavy atom. The lowest BCUT2D eigenvalue weighted by Gasteiger charge is -2.29. The van der Waals surface area contributed by atoms with Crippen molar-refractivity contribution >= 4 is 29.9 Å². The van der Waals surface area contributed by atoms with Crippen LogP contribution in [0.5, 0.6) is 0 Å². The third-order valence-corrected chi connectivity index (χ3v) is 2.78. The van der Waals surface area contributed by atoms with Gasteiger partial charge < -0.3 is 15.8 Å². The van der Waals surface area contributed by atoms with Crippen LogP contribution in [0, 0.1) is 0 Å². The van der Waals surface area contributed by atoms with Gasteiger partial charge in [-0.15, -0.1) is 24.0 Å². The summed E-state index contributed by atoms with van der Waals surface area (Å²) in [6, 6.07) is 1.24. The summed E-state index contributed by atoms with van der Waals surface area (Å²) in [5.74, 6) is 0.493. The highest BCUT2D eigenvalue weighted by Crippen LogP contribution is 2.03. The highest BCUT2D eigenvalue weighted by Gasteiger charge is 2.12. The number of guanidine groups is 1. The topological polar surface area (TPSA) is 62.9 Å². The lowest BCUT2D eigenvalue weighted by Crippen LogP contribution is -2.42. The molecule has 0 aliphatic heterocycles. The number of hydrogen-bond acceptors (Lipinski definition) is 3. The van der Waals surface area contributed by atoms with E-state index in [1.807, 2.05) is 6.92 Å². The molecular formula is C13H31IN4O. The summed E-state index contributed by atoms with van der Waals surface area (Å²) in [5.41, 5.74) is 5.81. The molecule has 1 unspecified atom stereocenters. The molecule has 0 aliphatic rings. The number of ether oxygens (including phenoxy) is 1. The molecule has 0 amide bonds. The summed E-state index contributed by atoms with van der Waals surface area (Å²) < 4.78 is 5.03. The summed E-state index contributed by atoms with van der Waals surface area (Å²) in [7, 11) is 1.68. The first kappa shape index (κ1) is 21.2. The van der Waals surface area contributed by atoms with E-state index in [2.05, 4.69) is 42.9 Å². The Hall–Kier alpha value is -0.0800. The number of halogens is 1. The molecule has 0 saturated heterocycles. The molecule has 0 aromatic heterocycles. The van der Waals surface area contributed by atoms with Crippen molar-refractivity contribution in [3.63, 3.8) is 0 Å². The van der Waals surface area contributed by atoms with Gasteiger partial charge in [0, 0.05) is 31.8 Å². The highest BCUT2D eigenvalue weighted by atomic mass is 127. The number of nitrogens with one attached hydrogen (secondary N) is 1. The highest BCUT2D eigenvalue weighted by molar-refractivity contribution is 14.0. The van der Waals surface area contributed by atoms with Crippen molar-refractivity contribution in [2.75, 3.05) is 26.8 Å². The predicted molar refractivity (Wildman–Crippen MR) is 93.4 cm³/mol. The van der Waals surface area contributed by atoms with E-state index >= 15 is 0 Å². The van der Waals surface area contributed by atoms with Crippen molar-refractivity contribution in [1.29, 1.82) is 0 Å². The van der Waals surface area contributed by atoms with Gasteiger partial charge >= 0.3 is 0 Å². The third kappa shape index (κ3) is 10.4. The van der Waals surface area contributed by atoms with Gasteiger partial charge in [0.1, 0.15) is 0 Å². The Balaban J connectivity index is 0. The molecule has 0 aromatic carbocycles. The third-order valence-electron chi connectivity index (χ3n) is 2.78. The Bertz CT molecular complexity index is 239. The van der Waals surface area contributed by atoms with E-state index in [0.29, 0.717) is 24.7 Å². The van der Waals surface area contributed by atoms with Gasteiger partial charge in [0.2, 0.25) is 0 Å². The van der Waals surface area contributed by atoms with Crippen LogP contribution in [0.4, 0.5) is 0 Å². The molecule has 19 heavy (non-hydrogen) atoms. The number of aliphatic imine (C=N–C) groups is 1. The van der Waals surface area contributed by atoms with Gasteiger partial charge in [-0.2, -0.15) is 0 Å². The van der Waals surface area contributed by atoms with Crippen molar-refractivity contribution in [3.05, 3.63) is 0 Å². The summed E-state index contributed by atoms with van der Waals surface area (Å²) >= 11 is 0. The molecule has 1 atom stereocenters. The van der Waals surface area contributed by atoms with E-state index in [0.717, 1.165) is 13.1 Å². The van der Waals surface area contributed by atoms with Crippen molar-refractivity contribution in [3.8, 4) is 0 Å². The number of nitrogens with two attached hydrogens (primary N) is 1. The first-order valence-corrected chi connectivity index (χ1v) is 6.69. The summed E-state index contributed by atoms with van der Waals surface area (Å²) in [6.07, 6.45) is 0. The first-order valence-electron chi connectivity index (χ1n) is 6.69. The quantitative estimate of drug-likeness (QED) is 0.379. The standard InChI is InChI=1S/C13H30N4O.HI/c1-10(2)17(11(3)4)8-7-15-13(14)16-12(5)9-18-6;/h10-12H,7-9H2,1-6H3,(H3,14,15,16);1H. The number of hydrogen-bond donors (Lipinski definition) is 2. The molecule has 0 saturated carbocycles. The van der Waals surface area contributed by atoms with E-state index in [-0.39, 0.29) is 30.0 Å². The van der Waals surface area contributed by atoms with Crippen molar-refractivity contribution in [2.24, 2.45) is 10.7 Å². The Morgan fingerprint density at radius 3 is 2.16 bits per heavy atom. The van der Waals surface area contributed by atoms with Crippen molar-refractivity contribution in [1.82, 2.24) is 10.2 Å². The molecule has 0 aromatic rings. The largest absolute Gasteiger partial charge is 0.383 e. The molecule has 116 valence electrons. The van der Waals surface area contributed by atoms with Gasteiger partial charge in [-0.25, -0.2) is 0 Å². The van der Waals surface area contributed by atoms with E-state index in [1.54, 1.807) is 7.11 Å². The molecule has 0 bridgehead atoms. The van der Waals surface area contributed by atoms with Crippen LogP contribution in [-0.4, -0.2) is 55.8 Å². The van der Waals surface area contributed by atoms with E-state index in [1.165, 1.54) is 0 Å². The average molecular weight is 386 g/mol. The van der Waals surface area contributed by atoms with E-state index < -0.39 is 0 Å². The average Bonchev–Trinajstić information content (AvgIpc) is 2.23. The second-order valence-corrected chi connectivity index (χ2v) is 5.19. The van der Waals surface area contributed by atoms with Gasteiger partial charge in [-0.1, -0.05) is 0 Å². The smallest absolute Gasteiger partial charge is 0.188 e. The summed E-state index contributed by atoms with van der Waals surface area (Å²) in [6.45, 7) is 13.1. The maximum Gasteiger partial charge on any atom is 0.188 e. The SMILES string of the molecule is COCC(C)NC(N)=NCCN(C(C)C)C(C)C.I. The molecule has 0 fully saturated rings. The molecule has 6 heteroatoms. The number of nitrogens with zero attached hydrogens (tertiary/aromatic N) is 2. The second kappa shape index (κ2) is 11.7. The predicted octanol–water partition coefficient (Wildman–Crippen LogP) is 1.66. The van der Waals surface area contributed by atoms with Crippen LogP contribution in [0.25, 0.3) is 0 Å². The molecule has 3 N–H and O–H groups in total. The first-order chi connectivity index (χ1) is 8.38. The Kier molecular flexibility index (Phi) is 13.1. The number of methoxy groups -OCH3 is 1. The molecule has 0 spiro atoms. The van der Waals surface area contributed by atoms with Crippen LogP contribution >= 0.6 is 24.0 Å². The molecule has 0 rings (SSSR count). The van der Waals surface area contributed by atoms with Crippen LogP contribution in [0.2, 0.25) is 0 Å². The second-order valence-electron chi connectivity index (χ2n) is 5.19. The molecule has 0 aliphatic carbocycles. The van der Waals surface area contributed by atoms with Gasteiger partial charge in [0.15, 0.2) is 5.96 Å². The van der Waals surface area contributed by atoms with Gasteiger partial charge in [-0.05, 0) is 34.6 Å². The van der Waals surface area contributed by atoms with Gasteiger partial charge in [-0.3, -0.25) is 9.89 Å². The lowest BCUT2D eigenvalue weighted by molar-refractivity contribution is 0.178. The van der Waals surface area contributed by atoms with Crippen molar-refractivity contribution in [2.45, 2.75) is 52.7 Å². The molecular weight excluding hydrogens is 355 g/mol. The monoisotopic (exact) mass is 386 g/mol. The van der Waals surface area contributed by atoms with Crippen LogP contribution < -0.4 is 11.1 Å². The lowest BCUT2D eigenvalue weighted by atomic mass is 10.2. The van der Waals surface area contributed by atoms with Crippen LogP contribution in [0.3, 0.4) is 0 Å². The summed E-state index contributed by atoms with van der Waals surface area (Å²) in [4.78, 5) is 6.74. The van der Waals surface area contributed by atoms with Gasteiger partial charge in [0.05, 0.1) is 13.2 Å². The summed E-state index contributed by atoms with van der Waals surface area (Å²) in [5, 5.41) is 3.10. The molecule has 0 radical (unpaired) electrons. The molecule has 5 nitrogen and oxygen atoms in total. The van der Waals surface area contributed by atoms with Crippen molar-refractivity contribution < 1.29 is 4.74 Å². The minimum atomic E-state index is 0. The van der Waals surface area contributed by atoms with Crippen LogP contribution in [-0.2, 0) is 4.74 Å². The fourth-order valence-corrected chi connectivity index (χ4v) is 1.99. The van der Waals surface area contributed by atoms with Crippen LogP contribution in [0.15, 0.2) is 4.99 Å². The zero-order valence-corrected chi connectivity index (χ0v) is 15.5. The van der Waals surface area contributed by atoms with Crippen LogP contribution in [0.1, 0.15) is 34.6 Å². The maximum atomic E-state index is 5.81. The molecule has 0 heterocycles. The Morgan fingerprint density at radius 2 is 1.74 bits per heavy atom. The minimum Gasteiger partial charge on any atom is -0.383 e. The van der Waals surface area contributed by atoms with E-state index in [9.17, 15) is 0 Å². The number of rotatable bonds is 8. The zero-order valence-electron chi connectivity index (χ0n) is 13.1. The fourth-order valence-electron chi connectivity index (χ4n) is 1.99. The van der Waals surface area contributed by atoms with Gasteiger partial charge in [0.25, 0.3) is 0 Å². The normalized spacial score (nSPS) is 13.8. The maximum absolute atomic E-state index is 5.81.